The van der Waals surface area contributed by atoms with Crippen LogP contribution in [0.3, 0.4) is 0 Å². The minimum atomic E-state index is -0.297. The molecule has 8 heteroatoms. The average Bonchev–Trinajstić information content (AvgIpc) is 2.92. The molecule has 2 aromatic rings. The van der Waals surface area contributed by atoms with Gasteiger partial charge in [-0.2, -0.15) is 4.98 Å². The zero-order chi connectivity index (χ0) is 16.6. The third kappa shape index (κ3) is 3.15. The van der Waals surface area contributed by atoms with Gasteiger partial charge in [-0.1, -0.05) is 0 Å². The summed E-state index contributed by atoms with van der Waals surface area (Å²) < 4.78 is 1.57. The molecule has 0 aliphatic carbocycles. The highest BCUT2D eigenvalue weighted by Crippen LogP contribution is 2.11. The lowest BCUT2D eigenvalue weighted by Crippen LogP contribution is -2.46. The molecule has 0 saturated carbocycles. The van der Waals surface area contributed by atoms with Gasteiger partial charge in [-0.05, 0) is 32.8 Å². The van der Waals surface area contributed by atoms with E-state index < -0.39 is 0 Å². The number of nitrogens with one attached hydrogen (secondary N) is 1. The van der Waals surface area contributed by atoms with Crippen LogP contribution in [0.1, 0.15) is 41.8 Å². The van der Waals surface area contributed by atoms with Crippen LogP contribution in [-0.2, 0) is 4.79 Å². The zero-order valence-corrected chi connectivity index (χ0v) is 13.5. The predicted molar refractivity (Wildman–Crippen MR) is 83.0 cm³/mol. The third-order valence-corrected chi connectivity index (χ3v) is 4.10. The van der Waals surface area contributed by atoms with Crippen LogP contribution in [0.4, 0.5) is 0 Å². The molecule has 3 rings (SSSR count). The molecule has 1 fully saturated rings. The van der Waals surface area contributed by atoms with Gasteiger partial charge in [0, 0.05) is 37.4 Å². The molecule has 8 nitrogen and oxygen atoms in total. The number of carbonyl (C=O) groups is 2. The number of piperidine rings is 1. The lowest BCUT2D eigenvalue weighted by Gasteiger charge is -2.31. The summed E-state index contributed by atoms with van der Waals surface area (Å²) in [6.07, 6.45) is 1.49. The van der Waals surface area contributed by atoms with E-state index in [2.05, 4.69) is 20.4 Å². The van der Waals surface area contributed by atoms with Gasteiger partial charge in [-0.25, -0.2) is 9.50 Å². The second kappa shape index (κ2) is 5.94. The van der Waals surface area contributed by atoms with Gasteiger partial charge in [0.2, 0.25) is 11.7 Å². The number of carbonyl (C=O) groups excluding carboxylic acids is 2. The molecule has 1 N–H and O–H groups in total. The van der Waals surface area contributed by atoms with E-state index in [0.29, 0.717) is 18.9 Å². The average molecular weight is 316 g/mol. The highest BCUT2D eigenvalue weighted by Gasteiger charge is 2.24. The summed E-state index contributed by atoms with van der Waals surface area (Å²) >= 11 is 0. The number of nitrogens with zero attached hydrogens (tertiary/aromatic N) is 5. The highest BCUT2D eigenvalue weighted by atomic mass is 16.2. The number of rotatable bonds is 2. The molecule has 23 heavy (non-hydrogen) atoms. The van der Waals surface area contributed by atoms with E-state index in [4.69, 9.17) is 0 Å². The maximum absolute atomic E-state index is 12.3. The summed E-state index contributed by atoms with van der Waals surface area (Å²) in [7, 11) is 0. The monoisotopic (exact) mass is 316 g/mol. The van der Waals surface area contributed by atoms with Crippen LogP contribution in [-0.4, -0.2) is 55.4 Å². The van der Waals surface area contributed by atoms with Crippen LogP contribution in [0.15, 0.2) is 6.07 Å². The lowest BCUT2D eigenvalue weighted by atomic mass is 10.1. The number of aryl methyl sites for hydroxylation is 2. The van der Waals surface area contributed by atoms with E-state index in [0.717, 1.165) is 24.2 Å². The summed E-state index contributed by atoms with van der Waals surface area (Å²) in [5.74, 6) is 0.335. The summed E-state index contributed by atoms with van der Waals surface area (Å²) in [5.41, 5.74) is 1.72. The predicted octanol–water partition coefficient (Wildman–Crippen LogP) is 0.482. The molecular formula is C15H20N6O2. The number of likely N-dealkylation sites (tertiary alicyclic amines) is 1. The Morgan fingerprint density at radius 3 is 2.57 bits per heavy atom. The van der Waals surface area contributed by atoms with Gasteiger partial charge in [0.25, 0.3) is 11.7 Å². The Bertz CT molecular complexity index is 761. The molecule has 2 aromatic heterocycles. The molecule has 1 aliphatic rings. The van der Waals surface area contributed by atoms with Crippen LogP contribution < -0.4 is 5.32 Å². The first-order chi connectivity index (χ1) is 10.9. The van der Waals surface area contributed by atoms with Gasteiger partial charge in [-0.3, -0.25) is 9.59 Å². The van der Waals surface area contributed by atoms with Crippen LogP contribution in [0.5, 0.6) is 0 Å². The number of aromatic nitrogens is 4. The van der Waals surface area contributed by atoms with Crippen molar-refractivity contribution in [2.45, 2.75) is 39.7 Å². The Kier molecular flexibility index (Phi) is 3.97. The summed E-state index contributed by atoms with van der Waals surface area (Å²) in [6, 6.07) is 1.93. The van der Waals surface area contributed by atoms with Gasteiger partial charge in [0.05, 0.1) is 0 Å². The SMILES string of the molecule is CC(=O)N1CCC(NC(=O)c2nc3nc(C)cc(C)n3n2)CC1. The number of fused-ring (bicyclic) bond motifs is 1. The Morgan fingerprint density at radius 1 is 1.22 bits per heavy atom. The Morgan fingerprint density at radius 2 is 1.91 bits per heavy atom. The van der Waals surface area contributed by atoms with Crippen molar-refractivity contribution in [3.05, 3.63) is 23.3 Å². The number of hydrogen-bond donors (Lipinski definition) is 1. The largest absolute Gasteiger partial charge is 0.346 e. The zero-order valence-electron chi connectivity index (χ0n) is 13.5. The second-order valence-corrected chi connectivity index (χ2v) is 5.94. The number of hydrogen-bond acceptors (Lipinski definition) is 5. The molecule has 0 aromatic carbocycles. The summed E-state index contributed by atoms with van der Waals surface area (Å²) in [6.45, 7) is 6.67. The molecule has 122 valence electrons. The van der Waals surface area contributed by atoms with Crippen molar-refractivity contribution >= 4 is 17.6 Å². The topological polar surface area (TPSA) is 92.5 Å². The quantitative estimate of drug-likeness (QED) is 0.870. The Labute approximate surface area is 133 Å². The van der Waals surface area contributed by atoms with E-state index in [1.165, 1.54) is 0 Å². The maximum Gasteiger partial charge on any atom is 0.291 e. The summed E-state index contributed by atoms with van der Waals surface area (Å²) in [5, 5.41) is 7.18. The first kappa shape index (κ1) is 15.4. The van der Waals surface area contributed by atoms with Gasteiger partial charge in [0.15, 0.2) is 0 Å². The van der Waals surface area contributed by atoms with Crippen molar-refractivity contribution in [3.63, 3.8) is 0 Å². The third-order valence-electron chi connectivity index (χ3n) is 4.10. The fourth-order valence-corrected chi connectivity index (χ4v) is 2.85. The van der Waals surface area contributed by atoms with Crippen LogP contribution >= 0.6 is 0 Å². The van der Waals surface area contributed by atoms with Crippen molar-refractivity contribution in [1.82, 2.24) is 29.8 Å². The second-order valence-electron chi connectivity index (χ2n) is 5.94. The van der Waals surface area contributed by atoms with E-state index in [1.54, 1.807) is 16.3 Å². The van der Waals surface area contributed by atoms with Crippen LogP contribution in [0, 0.1) is 13.8 Å². The first-order valence-corrected chi connectivity index (χ1v) is 7.71. The molecule has 1 aliphatic heterocycles. The number of amides is 2. The highest BCUT2D eigenvalue weighted by molar-refractivity contribution is 5.91. The van der Waals surface area contributed by atoms with Gasteiger partial charge in [-0.15, -0.1) is 5.10 Å². The molecular weight excluding hydrogens is 296 g/mol. The smallest absolute Gasteiger partial charge is 0.291 e. The van der Waals surface area contributed by atoms with Gasteiger partial charge < -0.3 is 10.2 Å². The molecule has 0 radical (unpaired) electrons. The van der Waals surface area contributed by atoms with E-state index in [-0.39, 0.29) is 23.7 Å². The Balaban J connectivity index is 1.69. The first-order valence-electron chi connectivity index (χ1n) is 7.71. The molecule has 0 spiro atoms. The molecule has 1 saturated heterocycles. The fourth-order valence-electron chi connectivity index (χ4n) is 2.85. The molecule has 3 heterocycles. The van der Waals surface area contributed by atoms with Gasteiger partial charge >= 0.3 is 0 Å². The van der Waals surface area contributed by atoms with E-state index in [1.807, 2.05) is 19.9 Å². The standard InChI is InChI=1S/C15H20N6O2/c1-9-8-10(2)21-15(16-9)18-13(19-21)14(23)17-12-4-6-20(7-5-12)11(3)22/h8,12H,4-7H2,1-3H3,(H,17,23). The minimum Gasteiger partial charge on any atom is -0.346 e. The lowest BCUT2D eigenvalue weighted by molar-refractivity contribution is -0.129. The maximum atomic E-state index is 12.3. The van der Waals surface area contributed by atoms with Crippen molar-refractivity contribution in [2.75, 3.05) is 13.1 Å². The minimum absolute atomic E-state index is 0.0421. The van der Waals surface area contributed by atoms with Crippen molar-refractivity contribution in [1.29, 1.82) is 0 Å². The van der Waals surface area contributed by atoms with Crippen molar-refractivity contribution < 1.29 is 9.59 Å². The Hall–Kier alpha value is -2.51. The molecule has 0 atom stereocenters. The van der Waals surface area contributed by atoms with Crippen LogP contribution in [0.25, 0.3) is 5.78 Å². The van der Waals surface area contributed by atoms with Gasteiger partial charge in [0.1, 0.15) is 0 Å². The van der Waals surface area contributed by atoms with E-state index in [9.17, 15) is 9.59 Å². The van der Waals surface area contributed by atoms with Crippen LogP contribution in [0.2, 0.25) is 0 Å². The normalized spacial score (nSPS) is 15.9. The fraction of sp³-hybridized carbons (Fsp3) is 0.533. The van der Waals surface area contributed by atoms with Crippen molar-refractivity contribution in [2.24, 2.45) is 0 Å². The van der Waals surface area contributed by atoms with Crippen molar-refractivity contribution in [3.8, 4) is 0 Å². The molecule has 0 unspecified atom stereocenters. The summed E-state index contributed by atoms with van der Waals surface area (Å²) in [4.78, 5) is 33.9. The molecule has 2 amide bonds. The molecule has 0 bridgehead atoms. The van der Waals surface area contributed by atoms with E-state index >= 15 is 0 Å².